The van der Waals surface area contributed by atoms with Crippen molar-refractivity contribution in [3.63, 3.8) is 0 Å². The van der Waals surface area contributed by atoms with E-state index in [-0.39, 0.29) is 11.8 Å². The van der Waals surface area contributed by atoms with Crippen molar-refractivity contribution in [3.05, 3.63) is 30.2 Å². The number of carbonyl (C=O) groups is 1. The lowest BCUT2D eigenvalue weighted by Crippen LogP contribution is -2.30. The van der Waals surface area contributed by atoms with Crippen molar-refractivity contribution in [2.75, 3.05) is 13.2 Å². The predicted molar refractivity (Wildman–Crippen MR) is 64.8 cm³/mol. The van der Waals surface area contributed by atoms with Crippen LogP contribution in [-0.2, 0) is 16.1 Å². The maximum Gasteiger partial charge on any atom is 0.225 e. The first-order valence-electron chi connectivity index (χ1n) is 6.03. The average Bonchev–Trinajstić information content (AvgIpc) is 3.04. The summed E-state index contributed by atoms with van der Waals surface area (Å²) in [5.74, 6) is 0.507. The number of amides is 1. The smallest absolute Gasteiger partial charge is 0.225 e. The molecule has 2 heterocycles. The highest BCUT2D eigenvalue weighted by Gasteiger charge is 2.23. The Hall–Kier alpha value is -1.88. The molecule has 1 aliphatic heterocycles. The molecule has 1 aliphatic rings. The van der Waals surface area contributed by atoms with E-state index in [2.05, 4.69) is 10.3 Å². The van der Waals surface area contributed by atoms with E-state index in [1.165, 1.54) is 0 Å². The summed E-state index contributed by atoms with van der Waals surface area (Å²) in [6, 6.07) is 7.54. The molecule has 1 saturated heterocycles. The van der Waals surface area contributed by atoms with Gasteiger partial charge < -0.3 is 14.5 Å². The number of fused-ring (bicyclic) bond motifs is 1. The van der Waals surface area contributed by atoms with Crippen LogP contribution < -0.4 is 5.32 Å². The molecule has 5 heteroatoms. The van der Waals surface area contributed by atoms with Gasteiger partial charge in [0.25, 0.3) is 0 Å². The molecule has 0 spiro atoms. The van der Waals surface area contributed by atoms with E-state index < -0.39 is 0 Å². The largest absolute Gasteiger partial charge is 0.439 e. The van der Waals surface area contributed by atoms with Gasteiger partial charge in [-0.3, -0.25) is 4.79 Å². The van der Waals surface area contributed by atoms with E-state index in [0.717, 1.165) is 17.5 Å². The molecule has 1 fully saturated rings. The standard InChI is InChI=1S/C13H14N2O3/c16-13(9-5-6-17-8-9)14-7-12-15-10-3-1-2-4-11(10)18-12/h1-4,9H,5-8H2,(H,14,16)/t9-/m0/s1. The van der Waals surface area contributed by atoms with Gasteiger partial charge in [-0.1, -0.05) is 12.1 Å². The second kappa shape index (κ2) is 4.78. The third kappa shape index (κ3) is 2.22. The Bertz CT molecular complexity index is 525. The number of aromatic nitrogens is 1. The maximum absolute atomic E-state index is 11.8. The highest BCUT2D eigenvalue weighted by atomic mass is 16.5. The van der Waals surface area contributed by atoms with Gasteiger partial charge in [-0.05, 0) is 18.6 Å². The van der Waals surface area contributed by atoms with E-state index in [1.807, 2.05) is 24.3 Å². The zero-order chi connectivity index (χ0) is 12.4. The van der Waals surface area contributed by atoms with Crippen LogP contribution in [0.3, 0.4) is 0 Å². The van der Waals surface area contributed by atoms with Crippen LogP contribution in [0.2, 0.25) is 0 Å². The summed E-state index contributed by atoms with van der Waals surface area (Å²) in [5, 5.41) is 2.83. The number of rotatable bonds is 3. The molecule has 5 nitrogen and oxygen atoms in total. The molecule has 3 rings (SSSR count). The van der Waals surface area contributed by atoms with Gasteiger partial charge in [0.05, 0.1) is 19.1 Å². The molecule has 0 saturated carbocycles. The predicted octanol–water partition coefficient (Wildman–Crippen LogP) is 1.48. The van der Waals surface area contributed by atoms with Gasteiger partial charge in [-0.15, -0.1) is 0 Å². The van der Waals surface area contributed by atoms with Crippen molar-refractivity contribution in [1.82, 2.24) is 10.3 Å². The van der Waals surface area contributed by atoms with Gasteiger partial charge in [0.2, 0.25) is 11.8 Å². The molecular weight excluding hydrogens is 232 g/mol. The minimum atomic E-state index is -0.0330. The van der Waals surface area contributed by atoms with E-state index >= 15 is 0 Å². The lowest BCUT2D eigenvalue weighted by Gasteiger charge is -2.06. The van der Waals surface area contributed by atoms with Gasteiger partial charge in [0.15, 0.2) is 5.58 Å². The number of nitrogens with one attached hydrogen (secondary N) is 1. The molecule has 0 bridgehead atoms. The summed E-state index contributed by atoms with van der Waals surface area (Å²) in [4.78, 5) is 16.1. The number of nitrogens with zero attached hydrogens (tertiary/aromatic N) is 1. The molecule has 1 N–H and O–H groups in total. The highest BCUT2D eigenvalue weighted by molar-refractivity contribution is 5.79. The summed E-state index contributed by atoms with van der Waals surface area (Å²) in [5.41, 5.74) is 1.55. The third-order valence-electron chi connectivity index (χ3n) is 3.05. The van der Waals surface area contributed by atoms with Crippen molar-refractivity contribution in [3.8, 4) is 0 Å². The van der Waals surface area contributed by atoms with Crippen molar-refractivity contribution in [2.45, 2.75) is 13.0 Å². The second-order valence-corrected chi connectivity index (χ2v) is 4.35. The summed E-state index contributed by atoms with van der Waals surface area (Å²) in [7, 11) is 0. The number of oxazole rings is 1. The number of carbonyl (C=O) groups excluding carboxylic acids is 1. The van der Waals surface area contributed by atoms with Crippen LogP contribution in [0, 0.1) is 5.92 Å². The monoisotopic (exact) mass is 246 g/mol. The molecule has 0 unspecified atom stereocenters. The number of benzene rings is 1. The van der Waals surface area contributed by atoms with Crippen molar-refractivity contribution < 1.29 is 13.9 Å². The Balaban J connectivity index is 1.63. The van der Waals surface area contributed by atoms with Crippen LogP contribution >= 0.6 is 0 Å². The topological polar surface area (TPSA) is 64.4 Å². The number of para-hydroxylation sites is 2. The number of hydrogen-bond donors (Lipinski definition) is 1. The minimum absolute atomic E-state index is 0.00903. The quantitative estimate of drug-likeness (QED) is 0.891. The van der Waals surface area contributed by atoms with E-state index in [0.29, 0.717) is 25.6 Å². The first-order chi connectivity index (χ1) is 8.83. The van der Waals surface area contributed by atoms with Gasteiger partial charge in [-0.2, -0.15) is 0 Å². The van der Waals surface area contributed by atoms with Gasteiger partial charge in [-0.25, -0.2) is 4.98 Å². The Morgan fingerprint density at radius 1 is 1.44 bits per heavy atom. The molecule has 1 aromatic heterocycles. The van der Waals surface area contributed by atoms with E-state index in [1.54, 1.807) is 0 Å². The van der Waals surface area contributed by atoms with Gasteiger partial charge >= 0.3 is 0 Å². The fraction of sp³-hybridized carbons (Fsp3) is 0.385. The van der Waals surface area contributed by atoms with E-state index in [9.17, 15) is 4.79 Å². The van der Waals surface area contributed by atoms with Crippen LogP contribution in [0.1, 0.15) is 12.3 Å². The van der Waals surface area contributed by atoms with Crippen LogP contribution in [0.15, 0.2) is 28.7 Å². The fourth-order valence-corrected chi connectivity index (χ4v) is 2.04. The molecular formula is C13H14N2O3. The average molecular weight is 246 g/mol. The normalized spacial score (nSPS) is 19.2. The Labute approximate surface area is 104 Å². The zero-order valence-electron chi connectivity index (χ0n) is 9.89. The second-order valence-electron chi connectivity index (χ2n) is 4.35. The Morgan fingerprint density at radius 3 is 3.11 bits per heavy atom. The Kier molecular flexibility index (Phi) is 2.98. The van der Waals surface area contributed by atoms with Crippen LogP contribution in [0.4, 0.5) is 0 Å². The molecule has 18 heavy (non-hydrogen) atoms. The third-order valence-corrected chi connectivity index (χ3v) is 3.05. The molecule has 2 aromatic rings. The highest BCUT2D eigenvalue weighted by Crippen LogP contribution is 2.15. The van der Waals surface area contributed by atoms with Crippen LogP contribution in [0.5, 0.6) is 0 Å². The van der Waals surface area contributed by atoms with E-state index in [4.69, 9.17) is 9.15 Å². The summed E-state index contributed by atoms with van der Waals surface area (Å²) in [6.45, 7) is 1.50. The molecule has 94 valence electrons. The molecule has 0 radical (unpaired) electrons. The lowest BCUT2D eigenvalue weighted by molar-refractivity contribution is -0.125. The maximum atomic E-state index is 11.8. The fourth-order valence-electron chi connectivity index (χ4n) is 2.04. The molecule has 1 aromatic carbocycles. The van der Waals surface area contributed by atoms with Crippen molar-refractivity contribution >= 4 is 17.0 Å². The zero-order valence-corrected chi connectivity index (χ0v) is 9.89. The van der Waals surface area contributed by atoms with Crippen LogP contribution in [-0.4, -0.2) is 24.1 Å². The minimum Gasteiger partial charge on any atom is -0.439 e. The SMILES string of the molecule is O=C(NCc1nc2ccccc2o1)[C@H]1CCOC1. The van der Waals surface area contributed by atoms with Crippen molar-refractivity contribution in [1.29, 1.82) is 0 Å². The van der Waals surface area contributed by atoms with Crippen LogP contribution in [0.25, 0.3) is 11.1 Å². The number of hydrogen-bond acceptors (Lipinski definition) is 4. The Morgan fingerprint density at radius 2 is 2.33 bits per heavy atom. The number of ether oxygens (including phenoxy) is 1. The first kappa shape index (κ1) is 11.2. The summed E-state index contributed by atoms with van der Waals surface area (Å²) >= 11 is 0. The lowest BCUT2D eigenvalue weighted by atomic mass is 10.1. The molecule has 1 amide bonds. The van der Waals surface area contributed by atoms with Crippen molar-refractivity contribution in [2.24, 2.45) is 5.92 Å². The first-order valence-corrected chi connectivity index (χ1v) is 6.03. The molecule has 1 atom stereocenters. The summed E-state index contributed by atoms with van der Waals surface area (Å²) in [6.07, 6.45) is 0.791. The van der Waals surface area contributed by atoms with Gasteiger partial charge in [0, 0.05) is 6.61 Å². The molecule has 0 aliphatic carbocycles. The summed E-state index contributed by atoms with van der Waals surface area (Å²) < 4.78 is 10.7. The van der Waals surface area contributed by atoms with Gasteiger partial charge in [0.1, 0.15) is 5.52 Å².